The first-order valence-electron chi connectivity index (χ1n) is 22.7. The Morgan fingerprint density at radius 3 is 1.14 bits per heavy atom. The van der Waals surface area contributed by atoms with Gasteiger partial charge in [0.2, 0.25) is 0 Å². The summed E-state index contributed by atoms with van der Waals surface area (Å²) in [7, 11) is -1.46. The van der Waals surface area contributed by atoms with Crippen molar-refractivity contribution in [3.05, 3.63) is 232 Å². The van der Waals surface area contributed by atoms with Crippen LogP contribution in [0.4, 0.5) is 0 Å². The summed E-state index contributed by atoms with van der Waals surface area (Å²) in [4.78, 5) is 0. The molecule has 4 heterocycles. The quantitative estimate of drug-likeness (QED) is 0.173. The van der Waals surface area contributed by atoms with E-state index < -0.39 is 7.12 Å². The molecule has 2 N–H and O–H groups in total. The Kier molecular flexibility index (Phi) is 12.0. The highest BCUT2D eigenvalue weighted by atomic mass is 79.9. The van der Waals surface area contributed by atoms with Crippen molar-refractivity contribution in [2.75, 3.05) is 0 Å². The Hall–Kier alpha value is -6.34. The minimum Gasteiger partial charge on any atom is -0.423 e. The normalized spacial score (nSPS) is 11.5. The fraction of sp³-hybridized carbons (Fsp3) is 0. The van der Waals surface area contributed by atoms with Crippen LogP contribution in [0.3, 0.4) is 0 Å². The van der Waals surface area contributed by atoms with Gasteiger partial charge in [-0.25, -0.2) is 0 Å². The smallest absolute Gasteiger partial charge is 0.423 e. The molecule has 0 fully saturated rings. The second-order valence-corrected chi connectivity index (χ2v) is 22.0. The van der Waals surface area contributed by atoms with Crippen LogP contribution in [0.15, 0.2) is 232 Å². The lowest BCUT2D eigenvalue weighted by atomic mass is 9.80. The minimum absolute atomic E-state index is 0.503. The van der Waals surface area contributed by atoms with E-state index in [9.17, 15) is 10.0 Å². The van der Waals surface area contributed by atoms with Crippen LogP contribution in [0, 0.1) is 0 Å². The molecule has 0 saturated heterocycles. The summed E-state index contributed by atoms with van der Waals surface area (Å²) in [6, 6.07) is 76.3. The number of rotatable bonds is 4. The molecule has 0 aliphatic carbocycles. The number of fused-ring (bicyclic) bond motifs is 12. The van der Waals surface area contributed by atoms with Crippen molar-refractivity contribution >= 4 is 167 Å². The zero-order chi connectivity index (χ0) is 47.5. The van der Waals surface area contributed by atoms with Gasteiger partial charge in [-0.2, -0.15) is 0 Å². The van der Waals surface area contributed by atoms with Crippen LogP contribution < -0.4 is 5.46 Å². The van der Waals surface area contributed by atoms with Gasteiger partial charge in [0.25, 0.3) is 0 Å². The largest absolute Gasteiger partial charge is 0.488 e. The summed E-state index contributed by atoms with van der Waals surface area (Å²) < 4.78 is 13.3. The van der Waals surface area contributed by atoms with Crippen molar-refractivity contribution in [2.24, 2.45) is 0 Å². The van der Waals surface area contributed by atoms with E-state index in [0.29, 0.717) is 5.46 Å². The molecule has 4 aromatic heterocycles. The minimum atomic E-state index is -1.46. The van der Waals surface area contributed by atoms with Gasteiger partial charge < -0.3 is 19.2 Å². The van der Waals surface area contributed by atoms with Gasteiger partial charge >= 0.3 is 7.12 Å². The number of aromatic nitrogens is 2. The summed E-state index contributed by atoms with van der Waals surface area (Å²) in [6.07, 6.45) is 0. The lowest BCUT2D eigenvalue weighted by Crippen LogP contribution is -2.29. The number of halogens is 3. The number of hydrogen-bond acceptors (Lipinski definition) is 4. The second kappa shape index (κ2) is 18.8. The van der Waals surface area contributed by atoms with E-state index in [1.807, 2.05) is 65.1 Å². The van der Waals surface area contributed by atoms with Gasteiger partial charge in [-0.15, -0.1) is 22.7 Å². The van der Waals surface area contributed by atoms with E-state index in [2.05, 4.69) is 227 Å². The first kappa shape index (κ1) is 44.8. The van der Waals surface area contributed by atoms with Crippen molar-refractivity contribution < 1.29 is 10.0 Å². The zero-order valence-corrected chi connectivity index (χ0v) is 43.5. The molecule has 10 aromatic carbocycles. The van der Waals surface area contributed by atoms with E-state index in [0.717, 1.165) is 40.9 Å². The molecule has 0 radical (unpaired) electrons. The van der Waals surface area contributed by atoms with Crippen molar-refractivity contribution in [2.45, 2.75) is 0 Å². The van der Waals surface area contributed by atoms with E-state index in [1.54, 1.807) is 6.07 Å². The topological polar surface area (TPSA) is 50.3 Å². The molecule has 0 unspecified atom stereocenters. The highest BCUT2D eigenvalue weighted by molar-refractivity contribution is 9.11. The summed E-state index contributed by atoms with van der Waals surface area (Å²) in [5.74, 6) is 0. The Bertz CT molecular complexity index is 4220. The average Bonchev–Trinajstić information content (AvgIpc) is 4.14. The Morgan fingerprint density at radius 2 is 0.671 bits per heavy atom. The van der Waals surface area contributed by atoms with E-state index >= 15 is 0 Å². The van der Waals surface area contributed by atoms with Gasteiger partial charge in [0.05, 0.1) is 22.1 Å². The number of benzene rings is 10. The molecule has 14 aromatic rings. The highest BCUT2D eigenvalue weighted by Gasteiger charge is 2.17. The zero-order valence-electron chi connectivity index (χ0n) is 37.1. The molecule has 10 heteroatoms. The number of nitrogens with zero attached hydrogens (tertiary/aromatic N) is 2. The van der Waals surface area contributed by atoms with Crippen LogP contribution in [-0.4, -0.2) is 26.3 Å². The van der Waals surface area contributed by atoms with Crippen molar-refractivity contribution in [3.63, 3.8) is 0 Å². The molecule has 0 amide bonds. The second-order valence-electron chi connectivity index (χ2n) is 17.1. The van der Waals surface area contributed by atoms with Crippen LogP contribution in [0.25, 0.3) is 106 Å². The molecule has 0 aliphatic heterocycles. The fourth-order valence-corrected chi connectivity index (χ4v) is 12.9. The Morgan fingerprint density at radius 1 is 0.314 bits per heavy atom. The lowest BCUT2D eigenvalue weighted by Gasteiger charge is -2.08. The van der Waals surface area contributed by atoms with Crippen molar-refractivity contribution in [3.8, 4) is 22.5 Å². The molecule has 0 atom stereocenters. The summed E-state index contributed by atoms with van der Waals surface area (Å²) in [5, 5.41) is 28.8. The maximum Gasteiger partial charge on any atom is 0.488 e. The SMILES string of the molecule is Brc1ccc2sc3ccc(-c4ccc5c(c4)c4ccccc4n5-c4ccccc4)cc3c2c1.Brc1ccc2sc3ccc(Br)cc3c2c1.OB(O)c1ccc2c(c1)c1ccccc1n2-c1ccccc1. The molecule has 14 rings (SSSR count). The monoisotopic (exact) mass is 1130 g/mol. The Labute approximate surface area is 436 Å². The predicted molar refractivity (Wildman–Crippen MR) is 312 cm³/mol. The first-order valence-corrected chi connectivity index (χ1v) is 26.7. The standard InChI is InChI=1S/C30H18BrNS.C18H14BNO2.C12H6Br2S/c31-21-12-15-30-26(18-21)25-17-20(11-14-29(25)33-30)19-10-13-28-24(16-19)23-8-4-5-9-27(23)32(28)22-6-2-1-3-7-22;21-19(22)13-10-11-18-16(12-13)15-8-4-5-9-17(15)20(18)14-6-2-1-3-7-14;13-7-1-3-11-9(5-7)10-6-8(14)2-4-12(10)15-11/h1-18H;1-12,21-22H;1-6H. The van der Waals surface area contributed by atoms with Crippen LogP contribution >= 0.6 is 70.5 Å². The molecule has 0 bridgehead atoms. The fourth-order valence-electron chi connectivity index (χ4n) is 9.67. The van der Waals surface area contributed by atoms with E-state index in [4.69, 9.17) is 0 Å². The van der Waals surface area contributed by atoms with E-state index in [1.165, 1.54) is 79.0 Å². The molecule has 336 valence electrons. The van der Waals surface area contributed by atoms with E-state index in [-0.39, 0.29) is 0 Å². The number of para-hydroxylation sites is 4. The average molecular weight is 1130 g/mol. The van der Waals surface area contributed by atoms with Crippen LogP contribution in [0.5, 0.6) is 0 Å². The van der Waals surface area contributed by atoms with Gasteiger partial charge in [0, 0.05) is 86.7 Å². The molecule has 0 saturated carbocycles. The maximum absolute atomic E-state index is 9.43. The third kappa shape index (κ3) is 8.27. The molecule has 0 aliphatic rings. The van der Waals surface area contributed by atoms with Crippen LogP contribution in [-0.2, 0) is 0 Å². The van der Waals surface area contributed by atoms with Gasteiger partial charge in [-0.1, -0.05) is 145 Å². The molecular formula is C60H38BBr3N2O2S2. The highest BCUT2D eigenvalue weighted by Crippen LogP contribution is 2.41. The van der Waals surface area contributed by atoms with Crippen LogP contribution in [0.1, 0.15) is 0 Å². The van der Waals surface area contributed by atoms with Crippen molar-refractivity contribution in [1.82, 2.24) is 9.13 Å². The first-order chi connectivity index (χ1) is 34.3. The summed E-state index contributed by atoms with van der Waals surface area (Å²) in [6.45, 7) is 0. The summed E-state index contributed by atoms with van der Waals surface area (Å²) >= 11 is 14.4. The van der Waals surface area contributed by atoms with Gasteiger partial charge in [-0.3, -0.25) is 0 Å². The molecule has 4 nitrogen and oxygen atoms in total. The molecule has 0 spiro atoms. The predicted octanol–water partition coefficient (Wildman–Crippen LogP) is 17.6. The number of thiophene rings is 2. The summed E-state index contributed by atoms with van der Waals surface area (Å²) in [5.41, 5.74) is 9.90. The van der Waals surface area contributed by atoms with Crippen molar-refractivity contribution in [1.29, 1.82) is 0 Å². The molecular weight excluding hydrogens is 1100 g/mol. The third-order valence-corrected chi connectivity index (χ3v) is 16.6. The third-order valence-electron chi connectivity index (χ3n) is 12.9. The van der Waals surface area contributed by atoms with Gasteiger partial charge in [0.1, 0.15) is 0 Å². The van der Waals surface area contributed by atoms with Crippen LogP contribution in [0.2, 0.25) is 0 Å². The Balaban J connectivity index is 0.000000117. The lowest BCUT2D eigenvalue weighted by molar-refractivity contribution is 0.426. The van der Waals surface area contributed by atoms with Gasteiger partial charge in [-0.05, 0) is 138 Å². The molecule has 70 heavy (non-hydrogen) atoms. The maximum atomic E-state index is 9.43. The van der Waals surface area contributed by atoms with Gasteiger partial charge in [0.15, 0.2) is 0 Å². The number of hydrogen-bond donors (Lipinski definition) is 2.